The Labute approximate surface area is 118 Å². The number of carbonyl (C=O) groups excluding carboxylic acids is 1. The molecular formula is C16H21N3O. The van der Waals surface area contributed by atoms with Crippen molar-refractivity contribution in [2.75, 3.05) is 13.1 Å². The van der Waals surface area contributed by atoms with Crippen molar-refractivity contribution in [2.24, 2.45) is 11.7 Å². The third kappa shape index (κ3) is 2.31. The fraction of sp³-hybridized carbons (Fsp3) is 0.438. The van der Waals surface area contributed by atoms with Crippen LogP contribution in [0.25, 0.3) is 10.9 Å². The lowest BCUT2D eigenvalue weighted by atomic mass is 9.90. The number of aromatic amines is 1. The number of hydrogen-bond donors (Lipinski definition) is 2. The predicted molar refractivity (Wildman–Crippen MR) is 80.6 cm³/mol. The average molecular weight is 271 g/mol. The SMILES string of the molecule is CCC1CN(C(=O)c2ccc3[nH]ccc3c2)CCC1N. The molecule has 0 aliphatic carbocycles. The highest BCUT2D eigenvalue weighted by Crippen LogP contribution is 2.22. The van der Waals surface area contributed by atoms with Crippen molar-refractivity contribution in [1.29, 1.82) is 0 Å². The molecule has 2 aromatic rings. The minimum Gasteiger partial charge on any atom is -0.361 e. The molecule has 2 heterocycles. The molecule has 1 aromatic heterocycles. The number of nitrogens with two attached hydrogens (primary N) is 1. The number of amides is 1. The van der Waals surface area contributed by atoms with E-state index in [2.05, 4.69) is 11.9 Å². The summed E-state index contributed by atoms with van der Waals surface area (Å²) in [6.45, 7) is 3.69. The second kappa shape index (κ2) is 5.29. The summed E-state index contributed by atoms with van der Waals surface area (Å²) in [5.41, 5.74) is 7.94. The van der Waals surface area contributed by atoms with Gasteiger partial charge in [0.25, 0.3) is 5.91 Å². The topological polar surface area (TPSA) is 62.1 Å². The second-order valence-electron chi connectivity index (χ2n) is 5.65. The van der Waals surface area contributed by atoms with Crippen molar-refractivity contribution in [2.45, 2.75) is 25.8 Å². The van der Waals surface area contributed by atoms with E-state index in [1.807, 2.05) is 35.4 Å². The Balaban J connectivity index is 1.81. The van der Waals surface area contributed by atoms with Crippen LogP contribution in [0.5, 0.6) is 0 Å². The van der Waals surface area contributed by atoms with Crippen molar-refractivity contribution < 1.29 is 4.79 Å². The first-order valence-electron chi connectivity index (χ1n) is 7.31. The molecule has 2 unspecified atom stereocenters. The van der Waals surface area contributed by atoms with E-state index in [-0.39, 0.29) is 11.9 Å². The molecule has 0 radical (unpaired) electrons. The lowest BCUT2D eigenvalue weighted by Gasteiger charge is -2.36. The molecule has 1 saturated heterocycles. The maximum absolute atomic E-state index is 12.6. The van der Waals surface area contributed by atoms with E-state index in [1.54, 1.807) is 0 Å². The first-order valence-corrected chi connectivity index (χ1v) is 7.31. The van der Waals surface area contributed by atoms with E-state index in [0.29, 0.717) is 5.92 Å². The summed E-state index contributed by atoms with van der Waals surface area (Å²) in [5.74, 6) is 0.544. The largest absolute Gasteiger partial charge is 0.361 e. The summed E-state index contributed by atoms with van der Waals surface area (Å²) in [4.78, 5) is 17.7. The quantitative estimate of drug-likeness (QED) is 0.881. The van der Waals surface area contributed by atoms with Crippen LogP contribution in [-0.4, -0.2) is 34.9 Å². The molecule has 2 atom stereocenters. The summed E-state index contributed by atoms with van der Waals surface area (Å²) in [6, 6.07) is 8.05. The predicted octanol–water partition coefficient (Wildman–Crippen LogP) is 2.37. The van der Waals surface area contributed by atoms with E-state index in [4.69, 9.17) is 5.73 Å². The summed E-state index contributed by atoms with van der Waals surface area (Å²) in [7, 11) is 0. The summed E-state index contributed by atoms with van der Waals surface area (Å²) >= 11 is 0. The van der Waals surface area contributed by atoms with E-state index < -0.39 is 0 Å². The van der Waals surface area contributed by atoms with Crippen molar-refractivity contribution in [3.05, 3.63) is 36.0 Å². The van der Waals surface area contributed by atoms with E-state index in [9.17, 15) is 4.79 Å². The Bertz CT molecular complexity index is 619. The number of rotatable bonds is 2. The summed E-state index contributed by atoms with van der Waals surface area (Å²) < 4.78 is 0. The summed E-state index contributed by atoms with van der Waals surface area (Å²) in [6.07, 6.45) is 3.82. The van der Waals surface area contributed by atoms with Crippen LogP contribution in [0.3, 0.4) is 0 Å². The highest BCUT2D eigenvalue weighted by atomic mass is 16.2. The lowest BCUT2D eigenvalue weighted by molar-refractivity contribution is 0.0649. The standard InChI is InChI=1S/C16H21N3O/c1-2-11-10-19(8-6-14(11)17)16(20)13-3-4-15-12(9-13)5-7-18-15/h3-5,7,9,11,14,18H,2,6,8,10,17H2,1H3. The number of nitrogens with one attached hydrogen (secondary N) is 1. The Morgan fingerprint density at radius 3 is 3.10 bits per heavy atom. The second-order valence-corrected chi connectivity index (χ2v) is 5.65. The molecule has 0 saturated carbocycles. The van der Waals surface area contributed by atoms with Gasteiger partial charge < -0.3 is 15.6 Å². The number of aromatic nitrogens is 1. The van der Waals surface area contributed by atoms with Crippen molar-refractivity contribution in [1.82, 2.24) is 9.88 Å². The van der Waals surface area contributed by atoms with Gasteiger partial charge in [-0.15, -0.1) is 0 Å². The maximum Gasteiger partial charge on any atom is 0.253 e. The molecule has 4 nitrogen and oxygen atoms in total. The molecule has 1 aliphatic heterocycles. The maximum atomic E-state index is 12.6. The minimum absolute atomic E-state index is 0.124. The van der Waals surface area contributed by atoms with Gasteiger partial charge in [-0.2, -0.15) is 0 Å². The van der Waals surface area contributed by atoms with Crippen LogP contribution in [0.15, 0.2) is 30.5 Å². The fourth-order valence-electron chi connectivity index (χ4n) is 3.04. The van der Waals surface area contributed by atoms with Gasteiger partial charge in [0.15, 0.2) is 0 Å². The first kappa shape index (κ1) is 13.2. The number of likely N-dealkylation sites (tertiary alicyclic amines) is 1. The van der Waals surface area contributed by atoms with E-state index in [1.165, 1.54) is 0 Å². The fourth-order valence-corrected chi connectivity index (χ4v) is 3.04. The van der Waals surface area contributed by atoms with Crippen LogP contribution in [0.2, 0.25) is 0 Å². The van der Waals surface area contributed by atoms with E-state index in [0.717, 1.165) is 42.4 Å². The normalized spacial score (nSPS) is 23.2. The molecule has 3 rings (SSSR count). The van der Waals surface area contributed by atoms with Gasteiger partial charge in [0.05, 0.1) is 0 Å². The number of piperidine rings is 1. The Hall–Kier alpha value is -1.81. The third-order valence-electron chi connectivity index (χ3n) is 4.40. The molecule has 0 spiro atoms. The van der Waals surface area contributed by atoms with Gasteiger partial charge >= 0.3 is 0 Å². The van der Waals surface area contributed by atoms with Crippen molar-refractivity contribution >= 4 is 16.8 Å². The monoisotopic (exact) mass is 271 g/mol. The minimum atomic E-state index is 0.124. The van der Waals surface area contributed by atoms with Gasteiger partial charge in [-0.25, -0.2) is 0 Å². The Morgan fingerprint density at radius 1 is 1.45 bits per heavy atom. The highest BCUT2D eigenvalue weighted by Gasteiger charge is 2.28. The van der Waals surface area contributed by atoms with Gasteiger partial charge in [0, 0.05) is 41.8 Å². The smallest absolute Gasteiger partial charge is 0.253 e. The number of nitrogens with zero attached hydrogens (tertiary/aromatic N) is 1. The van der Waals surface area contributed by atoms with Gasteiger partial charge in [-0.3, -0.25) is 4.79 Å². The number of fused-ring (bicyclic) bond motifs is 1. The zero-order valence-electron chi connectivity index (χ0n) is 11.8. The van der Waals surface area contributed by atoms with Crippen LogP contribution in [0.1, 0.15) is 30.1 Å². The zero-order valence-corrected chi connectivity index (χ0v) is 11.8. The van der Waals surface area contributed by atoms with Crippen LogP contribution in [0, 0.1) is 5.92 Å². The number of benzene rings is 1. The summed E-state index contributed by atoms with van der Waals surface area (Å²) in [5, 5.41) is 1.08. The molecule has 1 aliphatic rings. The van der Waals surface area contributed by atoms with Gasteiger partial charge in [0.2, 0.25) is 0 Å². The molecular weight excluding hydrogens is 250 g/mol. The molecule has 20 heavy (non-hydrogen) atoms. The average Bonchev–Trinajstić information content (AvgIpc) is 2.94. The molecule has 1 fully saturated rings. The molecule has 3 N–H and O–H groups in total. The third-order valence-corrected chi connectivity index (χ3v) is 4.40. The molecule has 106 valence electrons. The van der Waals surface area contributed by atoms with Gasteiger partial charge in [-0.1, -0.05) is 13.3 Å². The molecule has 4 heteroatoms. The van der Waals surface area contributed by atoms with Crippen molar-refractivity contribution in [3.8, 4) is 0 Å². The van der Waals surface area contributed by atoms with E-state index >= 15 is 0 Å². The highest BCUT2D eigenvalue weighted by molar-refractivity contribution is 5.98. The van der Waals surface area contributed by atoms with Crippen LogP contribution >= 0.6 is 0 Å². The van der Waals surface area contributed by atoms with Crippen LogP contribution in [-0.2, 0) is 0 Å². The zero-order chi connectivity index (χ0) is 14.1. The molecule has 0 bridgehead atoms. The molecule has 1 amide bonds. The van der Waals surface area contributed by atoms with Crippen LogP contribution < -0.4 is 5.73 Å². The number of carbonyl (C=O) groups is 1. The van der Waals surface area contributed by atoms with Gasteiger partial charge in [-0.05, 0) is 36.6 Å². The van der Waals surface area contributed by atoms with Crippen molar-refractivity contribution in [3.63, 3.8) is 0 Å². The number of hydrogen-bond acceptors (Lipinski definition) is 2. The first-order chi connectivity index (χ1) is 9.69. The lowest BCUT2D eigenvalue weighted by Crippen LogP contribution is -2.49. The number of H-pyrrole nitrogens is 1. The Kier molecular flexibility index (Phi) is 3.49. The molecule has 1 aromatic carbocycles. The Morgan fingerprint density at radius 2 is 2.30 bits per heavy atom. The van der Waals surface area contributed by atoms with Gasteiger partial charge in [0.1, 0.15) is 0 Å². The van der Waals surface area contributed by atoms with Crippen LogP contribution in [0.4, 0.5) is 0 Å².